The smallest absolute Gasteiger partial charge is 0.108 e. The highest BCUT2D eigenvalue weighted by molar-refractivity contribution is 5.15. The monoisotopic (exact) mass is 249 g/mol. The molecular weight excluding hydrogens is 222 g/mol. The van der Waals surface area contributed by atoms with E-state index in [2.05, 4.69) is 30.1 Å². The van der Waals surface area contributed by atoms with Gasteiger partial charge in [-0.15, -0.1) is 0 Å². The van der Waals surface area contributed by atoms with Crippen molar-refractivity contribution >= 4 is 0 Å². The van der Waals surface area contributed by atoms with E-state index in [-0.39, 0.29) is 5.54 Å². The molecule has 0 saturated heterocycles. The summed E-state index contributed by atoms with van der Waals surface area (Å²) in [5.74, 6) is 0. The van der Waals surface area contributed by atoms with Gasteiger partial charge in [-0.2, -0.15) is 5.26 Å². The van der Waals surface area contributed by atoms with Crippen LogP contribution in [0.3, 0.4) is 0 Å². The Bertz CT molecular complexity index is 305. The number of nitrogens with zero attached hydrogens (tertiary/aromatic N) is 2. The fourth-order valence-corrected chi connectivity index (χ4v) is 3.17. The Morgan fingerprint density at radius 3 is 2.67 bits per heavy atom. The lowest BCUT2D eigenvalue weighted by atomic mass is 9.99. The molecule has 2 unspecified atom stereocenters. The van der Waals surface area contributed by atoms with E-state index < -0.39 is 0 Å². The average molecular weight is 249 g/mol. The predicted octanol–water partition coefficient (Wildman–Crippen LogP) is 2.68. The molecule has 0 bridgehead atoms. The van der Waals surface area contributed by atoms with E-state index in [1.807, 2.05) is 0 Å². The summed E-state index contributed by atoms with van der Waals surface area (Å²) in [4.78, 5) is 2.58. The van der Waals surface area contributed by atoms with Crippen molar-refractivity contribution in [1.29, 1.82) is 5.26 Å². The Hall–Kier alpha value is -0.590. The van der Waals surface area contributed by atoms with Gasteiger partial charge in [-0.05, 0) is 51.6 Å². The van der Waals surface area contributed by atoms with Gasteiger partial charge in [-0.1, -0.05) is 20.3 Å². The van der Waals surface area contributed by atoms with Crippen LogP contribution in [0.15, 0.2) is 0 Å². The number of hydrogen-bond donors (Lipinski definition) is 1. The summed E-state index contributed by atoms with van der Waals surface area (Å²) in [6.45, 7) is 6.81. The third-order valence-corrected chi connectivity index (χ3v) is 4.48. The molecule has 18 heavy (non-hydrogen) atoms. The Morgan fingerprint density at radius 2 is 2.11 bits per heavy atom. The first-order chi connectivity index (χ1) is 8.73. The lowest BCUT2D eigenvalue weighted by Crippen LogP contribution is -2.45. The van der Waals surface area contributed by atoms with Crippen LogP contribution >= 0.6 is 0 Å². The first-order valence-electron chi connectivity index (χ1n) is 7.66. The molecule has 0 aliphatic heterocycles. The minimum Gasteiger partial charge on any atom is -0.301 e. The summed E-state index contributed by atoms with van der Waals surface area (Å²) < 4.78 is 0. The molecule has 0 amide bonds. The van der Waals surface area contributed by atoms with E-state index in [1.54, 1.807) is 0 Å². The van der Waals surface area contributed by atoms with E-state index in [1.165, 1.54) is 38.6 Å². The van der Waals surface area contributed by atoms with E-state index >= 15 is 0 Å². The molecule has 102 valence electrons. The normalized spacial score (nSPS) is 31.8. The number of nitriles is 1. The molecule has 3 nitrogen and oxygen atoms in total. The van der Waals surface area contributed by atoms with Crippen LogP contribution in [0, 0.1) is 11.3 Å². The van der Waals surface area contributed by atoms with Gasteiger partial charge in [0, 0.05) is 12.1 Å². The van der Waals surface area contributed by atoms with Crippen LogP contribution in [0.4, 0.5) is 0 Å². The number of hydrogen-bond acceptors (Lipinski definition) is 3. The fraction of sp³-hybridized carbons (Fsp3) is 0.933. The molecule has 0 aromatic carbocycles. The van der Waals surface area contributed by atoms with Crippen LogP contribution < -0.4 is 5.32 Å². The van der Waals surface area contributed by atoms with Crippen molar-refractivity contribution in [2.45, 2.75) is 76.4 Å². The van der Waals surface area contributed by atoms with E-state index in [9.17, 15) is 5.26 Å². The minimum absolute atomic E-state index is 0.217. The largest absolute Gasteiger partial charge is 0.301 e. The standard InChI is InChI=1S/C15H27N3/c1-3-5-10-18(4-2)14-8-9-15(11-14,12-16)17-13-6-7-13/h13-14,17H,3-11H2,1-2H3. The predicted molar refractivity (Wildman–Crippen MR) is 74.3 cm³/mol. The Morgan fingerprint density at radius 1 is 1.33 bits per heavy atom. The van der Waals surface area contributed by atoms with Crippen molar-refractivity contribution in [3.8, 4) is 6.07 Å². The highest BCUT2D eigenvalue weighted by Crippen LogP contribution is 2.36. The molecule has 2 saturated carbocycles. The summed E-state index contributed by atoms with van der Waals surface area (Å²) in [6, 6.07) is 3.83. The van der Waals surface area contributed by atoms with Crippen LogP contribution in [-0.2, 0) is 0 Å². The van der Waals surface area contributed by atoms with Gasteiger partial charge in [0.25, 0.3) is 0 Å². The first-order valence-corrected chi connectivity index (χ1v) is 7.66. The molecule has 0 radical (unpaired) electrons. The van der Waals surface area contributed by atoms with Gasteiger partial charge < -0.3 is 4.90 Å². The van der Waals surface area contributed by atoms with Crippen LogP contribution in [0.1, 0.15) is 58.8 Å². The summed E-state index contributed by atoms with van der Waals surface area (Å²) in [6.07, 6.45) is 8.31. The molecule has 2 aliphatic carbocycles. The van der Waals surface area contributed by atoms with Gasteiger partial charge >= 0.3 is 0 Å². The first kappa shape index (κ1) is 13.8. The molecule has 0 spiro atoms. The molecule has 3 heteroatoms. The Kier molecular flexibility index (Phi) is 4.64. The van der Waals surface area contributed by atoms with Crippen LogP contribution in [-0.4, -0.2) is 35.6 Å². The Balaban J connectivity index is 1.90. The maximum atomic E-state index is 9.51. The van der Waals surface area contributed by atoms with E-state index in [0.717, 1.165) is 19.4 Å². The van der Waals surface area contributed by atoms with Gasteiger partial charge in [-0.3, -0.25) is 5.32 Å². The van der Waals surface area contributed by atoms with Crippen molar-refractivity contribution in [2.24, 2.45) is 0 Å². The zero-order chi connectivity index (χ0) is 13.0. The van der Waals surface area contributed by atoms with Crippen LogP contribution in [0.25, 0.3) is 0 Å². The van der Waals surface area contributed by atoms with Crippen molar-refractivity contribution < 1.29 is 0 Å². The second kappa shape index (κ2) is 6.04. The van der Waals surface area contributed by atoms with Crippen LogP contribution in [0.2, 0.25) is 0 Å². The number of unbranched alkanes of at least 4 members (excludes halogenated alkanes) is 1. The number of nitrogens with one attached hydrogen (secondary N) is 1. The highest BCUT2D eigenvalue weighted by atomic mass is 15.2. The molecule has 0 heterocycles. The van der Waals surface area contributed by atoms with Gasteiger partial charge in [-0.25, -0.2) is 0 Å². The highest BCUT2D eigenvalue weighted by Gasteiger charge is 2.43. The zero-order valence-corrected chi connectivity index (χ0v) is 11.9. The SMILES string of the molecule is CCCCN(CC)C1CCC(C#N)(NC2CC2)C1. The maximum Gasteiger partial charge on any atom is 0.108 e. The van der Waals surface area contributed by atoms with Gasteiger partial charge in [0.15, 0.2) is 0 Å². The summed E-state index contributed by atoms with van der Waals surface area (Å²) in [5, 5.41) is 13.1. The van der Waals surface area contributed by atoms with Crippen molar-refractivity contribution in [2.75, 3.05) is 13.1 Å². The number of rotatable bonds is 7. The molecule has 2 atom stereocenters. The molecular formula is C15H27N3. The second-order valence-electron chi connectivity index (χ2n) is 5.99. The quantitative estimate of drug-likeness (QED) is 0.754. The Labute approximate surface area is 112 Å². The zero-order valence-electron chi connectivity index (χ0n) is 11.9. The molecule has 2 aliphatic rings. The van der Waals surface area contributed by atoms with E-state index in [4.69, 9.17) is 0 Å². The fourth-order valence-electron chi connectivity index (χ4n) is 3.17. The van der Waals surface area contributed by atoms with Gasteiger partial charge in [0.2, 0.25) is 0 Å². The summed E-state index contributed by atoms with van der Waals surface area (Å²) >= 11 is 0. The minimum atomic E-state index is -0.217. The van der Waals surface area contributed by atoms with Crippen molar-refractivity contribution in [3.05, 3.63) is 0 Å². The third-order valence-electron chi connectivity index (χ3n) is 4.48. The molecule has 1 N–H and O–H groups in total. The molecule has 2 rings (SSSR count). The molecule has 0 aromatic rings. The van der Waals surface area contributed by atoms with Crippen molar-refractivity contribution in [1.82, 2.24) is 10.2 Å². The third kappa shape index (κ3) is 3.24. The lowest BCUT2D eigenvalue weighted by molar-refractivity contribution is 0.199. The molecule has 2 fully saturated rings. The topological polar surface area (TPSA) is 39.1 Å². The van der Waals surface area contributed by atoms with Gasteiger partial charge in [0.1, 0.15) is 5.54 Å². The summed E-state index contributed by atoms with van der Waals surface area (Å²) in [7, 11) is 0. The second-order valence-corrected chi connectivity index (χ2v) is 5.99. The average Bonchev–Trinajstić information content (AvgIpc) is 3.09. The van der Waals surface area contributed by atoms with Gasteiger partial charge in [0.05, 0.1) is 6.07 Å². The van der Waals surface area contributed by atoms with Crippen LogP contribution in [0.5, 0.6) is 0 Å². The van der Waals surface area contributed by atoms with E-state index in [0.29, 0.717) is 12.1 Å². The maximum absolute atomic E-state index is 9.51. The van der Waals surface area contributed by atoms with Crippen molar-refractivity contribution in [3.63, 3.8) is 0 Å². The summed E-state index contributed by atoms with van der Waals surface area (Å²) in [5.41, 5.74) is -0.217. The molecule has 0 aromatic heterocycles. The lowest BCUT2D eigenvalue weighted by Gasteiger charge is -2.29.